The second-order valence-corrected chi connectivity index (χ2v) is 5.58. The van der Waals surface area contributed by atoms with Gasteiger partial charge in [-0.3, -0.25) is 4.79 Å². The molecule has 3 N–H and O–H groups in total. The second kappa shape index (κ2) is 6.61. The Morgan fingerprint density at radius 1 is 1.28 bits per heavy atom. The van der Waals surface area contributed by atoms with Gasteiger partial charge < -0.3 is 15.7 Å². The van der Waals surface area contributed by atoms with Gasteiger partial charge in [0.2, 0.25) is 0 Å². The van der Waals surface area contributed by atoms with Crippen LogP contribution in [0.4, 0.5) is 4.79 Å². The lowest BCUT2D eigenvalue weighted by Gasteiger charge is -2.37. The Morgan fingerprint density at radius 2 is 1.94 bits per heavy atom. The first kappa shape index (κ1) is 14.8. The second-order valence-electron chi connectivity index (χ2n) is 5.58. The van der Waals surface area contributed by atoms with Crippen molar-refractivity contribution in [2.45, 2.75) is 46.0 Å². The van der Waals surface area contributed by atoms with E-state index in [-0.39, 0.29) is 12.6 Å². The number of rotatable bonds is 7. The molecule has 0 spiro atoms. The molecular formula is C13H24N2O3. The number of carboxylic acid groups (broad SMARTS) is 1. The van der Waals surface area contributed by atoms with Crippen molar-refractivity contribution in [3.63, 3.8) is 0 Å². The van der Waals surface area contributed by atoms with Gasteiger partial charge in [-0.05, 0) is 31.6 Å². The molecule has 1 fully saturated rings. The lowest BCUT2D eigenvalue weighted by Crippen LogP contribution is -2.49. The summed E-state index contributed by atoms with van der Waals surface area (Å²) in [5, 5.41) is 14.5. The highest BCUT2D eigenvalue weighted by atomic mass is 16.4. The number of carbonyl (C=O) groups is 2. The fourth-order valence-electron chi connectivity index (χ4n) is 2.09. The van der Waals surface area contributed by atoms with Gasteiger partial charge in [-0.2, -0.15) is 0 Å². The van der Waals surface area contributed by atoms with Crippen molar-refractivity contribution in [2.75, 3.05) is 13.1 Å². The minimum absolute atomic E-state index is 0.234. The molecule has 2 amide bonds. The molecule has 0 aromatic heterocycles. The summed E-state index contributed by atoms with van der Waals surface area (Å²) in [5.74, 6) is -0.158. The summed E-state index contributed by atoms with van der Waals surface area (Å²) >= 11 is 0. The van der Waals surface area contributed by atoms with Gasteiger partial charge in [0.1, 0.15) is 0 Å². The van der Waals surface area contributed by atoms with Crippen LogP contribution in [0.1, 0.15) is 46.0 Å². The molecule has 0 saturated heterocycles. The van der Waals surface area contributed by atoms with Crippen LogP contribution in [0.15, 0.2) is 0 Å². The Morgan fingerprint density at radius 3 is 2.39 bits per heavy atom. The van der Waals surface area contributed by atoms with Gasteiger partial charge in [-0.1, -0.05) is 20.3 Å². The van der Waals surface area contributed by atoms with E-state index in [9.17, 15) is 9.59 Å². The number of hydrogen-bond acceptors (Lipinski definition) is 2. The van der Waals surface area contributed by atoms with Crippen LogP contribution >= 0.6 is 0 Å². The summed E-state index contributed by atoms with van der Waals surface area (Å²) in [6.07, 6.45) is 4.30. The fourth-order valence-corrected chi connectivity index (χ4v) is 2.09. The van der Waals surface area contributed by atoms with Crippen LogP contribution in [0.3, 0.4) is 0 Å². The number of hydrogen-bond donors (Lipinski definition) is 3. The van der Waals surface area contributed by atoms with E-state index in [0.717, 1.165) is 19.3 Å². The summed E-state index contributed by atoms with van der Waals surface area (Å²) in [5.41, 5.74) is -0.713. The summed E-state index contributed by atoms with van der Waals surface area (Å²) in [7, 11) is 0. The number of carbonyl (C=O) groups excluding carboxylic acids is 1. The standard InChI is InChI=1S/C13H24N2O3/c1-10(2)5-3-8-14-12(18)15-9-13(11(16)17)6-4-7-13/h10H,3-9H2,1-2H3,(H,16,17)(H2,14,15,18). The monoisotopic (exact) mass is 256 g/mol. The quantitative estimate of drug-likeness (QED) is 0.609. The zero-order valence-electron chi connectivity index (χ0n) is 11.3. The van der Waals surface area contributed by atoms with Crippen LogP contribution in [0.25, 0.3) is 0 Å². The number of carboxylic acids is 1. The molecule has 0 heterocycles. The topological polar surface area (TPSA) is 78.4 Å². The van der Waals surface area contributed by atoms with E-state index in [4.69, 9.17) is 5.11 Å². The van der Waals surface area contributed by atoms with Crippen molar-refractivity contribution in [3.8, 4) is 0 Å². The Hall–Kier alpha value is -1.26. The molecule has 5 nitrogen and oxygen atoms in total. The van der Waals surface area contributed by atoms with E-state index < -0.39 is 11.4 Å². The van der Waals surface area contributed by atoms with Gasteiger partial charge in [0, 0.05) is 13.1 Å². The normalized spacial score (nSPS) is 17.1. The van der Waals surface area contributed by atoms with Gasteiger partial charge in [-0.15, -0.1) is 0 Å². The molecule has 0 aliphatic heterocycles. The van der Waals surface area contributed by atoms with Crippen molar-refractivity contribution in [2.24, 2.45) is 11.3 Å². The highest BCUT2D eigenvalue weighted by molar-refractivity contribution is 5.78. The van der Waals surface area contributed by atoms with Gasteiger partial charge >= 0.3 is 12.0 Å². The number of amides is 2. The average molecular weight is 256 g/mol. The predicted octanol–water partition coefficient (Wildman–Crippen LogP) is 1.98. The molecule has 0 atom stereocenters. The third-order valence-electron chi connectivity index (χ3n) is 3.60. The molecule has 1 aliphatic rings. The fraction of sp³-hybridized carbons (Fsp3) is 0.846. The van der Waals surface area contributed by atoms with Crippen LogP contribution < -0.4 is 10.6 Å². The van der Waals surface area contributed by atoms with Crippen LogP contribution in [0, 0.1) is 11.3 Å². The van der Waals surface area contributed by atoms with Crippen molar-refractivity contribution in [1.29, 1.82) is 0 Å². The van der Waals surface area contributed by atoms with Crippen molar-refractivity contribution < 1.29 is 14.7 Å². The van der Waals surface area contributed by atoms with E-state index in [1.807, 2.05) is 0 Å². The third kappa shape index (κ3) is 4.20. The van der Waals surface area contributed by atoms with Crippen LogP contribution in [-0.4, -0.2) is 30.2 Å². The summed E-state index contributed by atoms with van der Waals surface area (Å²) in [6.45, 7) is 5.17. The smallest absolute Gasteiger partial charge is 0.314 e. The SMILES string of the molecule is CC(C)CCCNC(=O)NCC1(C(=O)O)CCC1. The van der Waals surface area contributed by atoms with Crippen LogP contribution in [-0.2, 0) is 4.79 Å². The van der Waals surface area contributed by atoms with E-state index in [1.54, 1.807) is 0 Å². The first-order valence-corrected chi connectivity index (χ1v) is 6.71. The lowest BCUT2D eigenvalue weighted by atomic mass is 9.69. The maximum Gasteiger partial charge on any atom is 0.314 e. The molecule has 0 radical (unpaired) electrons. The minimum atomic E-state index is -0.797. The van der Waals surface area contributed by atoms with Gasteiger partial charge in [0.25, 0.3) is 0 Å². The maximum absolute atomic E-state index is 11.5. The van der Waals surface area contributed by atoms with Gasteiger partial charge in [-0.25, -0.2) is 4.79 Å². The van der Waals surface area contributed by atoms with E-state index in [0.29, 0.717) is 25.3 Å². The molecular weight excluding hydrogens is 232 g/mol. The van der Waals surface area contributed by atoms with Crippen molar-refractivity contribution in [1.82, 2.24) is 10.6 Å². The van der Waals surface area contributed by atoms with Crippen molar-refractivity contribution >= 4 is 12.0 Å². The number of aliphatic carboxylic acids is 1. The highest BCUT2D eigenvalue weighted by Gasteiger charge is 2.44. The molecule has 1 aliphatic carbocycles. The number of urea groups is 1. The maximum atomic E-state index is 11.5. The Kier molecular flexibility index (Phi) is 5.44. The Bertz CT molecular complexity index is 299. The summed E-state index contributed by atoms with van der Waals surface area (Å²) in [6, 6.07) is -0.258. The van der Waals surface area contributed by atoms with E-state index in [1.165, 1.54) is 0 Å². The molecule has 5 heteroatoms. The summed E-state index contributed by atoms with van der Waals surface area (Å²) in [4.78, 5) is 22.6. The molecule has 104 valence electrons. The molecule has 0 aromatic carbocycles. The average Bonchev–Trinajstić information content (AvgIpc) is 2.22. The largest absolute Gasteiger partial charge is 0.481 e. The third-order valence-corrected chi connectivity index (χ3v) is 3.60. The van der Waals surface area contributed by atoms with Gasteiger partial charge in [0.15, 0.2) is 0 Å². The first-order chi connectivity index (χ1) is 8.46. The predicted molar refractivity (Wildman–Crippen MR) is 69.4 cm³/mol. The highest BCUT2D eigenvalue weighted by Crippen LogP contribution is 2.40. The zero-order valence-corrected chi connectivity index (χ0v) is 11.3. The lowest BCUT2D eigenvalue weighted by molar-refractivity contribution is -0.153. The minimum Gasteiger partial charge on any atom is -0.481 e. The van der Waals surface area contributed by atoms with Gasteiger partial charge in [0.05, 0.1) is 5.41 Å². The molecule has 0 unspecified atom stereocenters. The molecule has 1 rings (SSSR count). The Balaban J connectivity index is 2.15. The van der Waals surface area contributed by atoms with Crippen LogP contribution in [0.2, 0.25) is 0 Å². The number of nitrogens with one attached hydrogen (secondary N) is 2. The van der Waals surface area contributed by atoms with E-state index in [2.05, 4.69) is 24.5 Å². The molecule has 1 saturated carbocycles. The van der Waals surface area contributed by atoms with Crippen LogP contribution in [0.5, 0.6) is 0 Å². The molecule has 0 bridgehead atoms. The molecule has 18 heavy (non-hydrogen) atoms. The molecule has 0 aromatic rings. The van der Waals surface area contributed by atoms with Crippen molar-refractivity contribution in [3.05, 3.63) is 0 Å². The van der Waals surface area contributed by atoms with E-state index >= 15 is 0 Å². The first-order valence-electron chi connectivity index (χ1n) is 6.71. The summed E-state index contributed by atoms with van der Waals surface area (Å²) < 4.78 is 0. The Labute approximate surface area is 108 Å². The zero-order chi connectivity index (χ0) is 13.6.